The zero-order chi connectivity index (χ0) is 15.8. The van der Waals surface area contributed by atoms with Crippen LogP contribution in [0.2, 0.25) is 0 Å². The van der Waals surface area contributed by atoms with E-state index in [2.05, 4.69) is 29.1 Å². The standard InChI is InChI=1S/C17H23N3O2/c1-13(2)9-15(12-21)20-10-14-3-5-16(6-4-14)22-17-11-18-7-8-19-17/h3-8,11,13,15,20-21H,9-10,12H2,1-2H3. The fourth-order valence-corrected chi connectivity index (χ4v) is 2.19. The fourth-order valence-electron chi connectivity index (χ4n) is 2.19. The van der Waals surface area contributed by atoms with Gasteiger partial charge >= 0.3 is 0 Å². The Bertz CT molecular complexity index is 544. The molecule has 22 heavy (non-hydrogen) atoms. The lowest BCUT2D eigenvalue weighted by molar-refractivity contribution is 0.223. The number of aliphatic hydroxyl groups excluding tert-OH is 1. The van der Waals surface area contributed by atoms with Gasteiger partial charge in [0.05, 0.1) is 12.8 Å². The summed E-state index contributed by atoms with van der Waals surface area (Å²) >= 11 is 0. The van der Waals surface area contributed by atoms with E-state index in [-0.39, 0.29) is 12.6 Å². The molecule has 1 aromatic heterocycles. The largest absolute Gasteiger partial charge is 0.438 e. The van der Waals surface area contributed by atoms with Crippen molar-refractivity contribution >= 4 is 0 Å². The van der Waals surface area contributed by atoms with Crippen molar-refractivity contribution in [1.29, 1.82) is 0 Å². The van der Waals surface area contributed by atoms with E-state index >= 15 is 0 Å². The summed E-state index contributed by atoms with van der Waals surface area (Å²) in [5.41, 5.74) is 1.15. The summed E-state index contributed by atoms with van der Waals surface area (Å²) in [4.78, 5) is 8.03. The van der Waals surface area contributed by atoms with E-state index in [1.165, 1.54) is 0 Å². The first-order valence-electron chi connectivity index (χ1n) is 7.54. The number of hydrogen-bond acceptors (Lipinski definition) is 5. The molecule has 1 atom stereocenters. The first-order chi connectivity index (χ1) is 10.7. The zero-order valence-corrected chi connectivity index (χ0v) is 13.1. The van der Waals surface area contributed by atoms with Crippen LogP contribution in [0.25, 0.3) is 0 Å². The van der Waals surface area contributed by atoms with Gasteiger partial charge in [-0.15, -0.1) is 0 Å². The maximum absolute atomic E-state index is 9.37. The predicted molar refractivity (Wildman–Crippen MR) is 85.7 cm³/mol. The normalized spacial score (nSPS) is 12.4. The summed E-state index contributed by atoms with van der Waals surface area (Å²) in [6.45, 7) is 5.20. The summed E-state index contributed by atoms with van der Waals surface area (Å²) in [5.74, 6) is 1.77. The Hall–Kier alpha value is -1.98. The second-order valence-electron chi connectivity index (χ2n) is 5.68. The Kier molecular flexibility index (Phi) is 6.30. The van der Waals surface area contributed by atoms with Crippen molar-refractivity contribution in [1.82, 2.24) is 15.3 Å². The van der Waals surface area contributed by atoms with Gasteiger partial charge < -0.3 is 15.2 Å². The lowest BCUT2D eigenvalue weighted by Crippen LogP contribution is -2.33. The Morgan fingerprint density at radius 3 is 2.55 bits per heavy atom. The molecule has 5 nitrogen and oxygen atoms in total. The third-order valence-corrected chi connectivity index (χ3v) is 3.26. The minimum Gasteiger partial charge on any atom is -0.438 e. The molecule has 5 heteroatoms. The molecule has 1 heterocycles. The molecule has 0 saturated carbocycles. The molecular formula is C17H23N3O2. The van der Waals surface area contributed by atoms with Crippen LogP contribution in [0, 0.1) is 5.92 Å². The highest BCUT2D eigenvalue weighted by Gasteiger charge is 2.09. The first-order valence-corrected chi connectivity index (χ1v) is 7.54. The van der Waals surface area contributed by atoms with E-state index in [1.807, 2.05) is 24.3 Å². The van der Waals surface area contributed by atoms with Crippen molar-refractivity contribution in [3.05, 3.63) is 48.4 Å². The fraction of sp³-hybridized carbons (Fsp3) is 0.412. The molecule has 0 aliphatic rings. The van der Waals surface area contributed by atoms with Crippen molar-refractivity contribution in [3.63, 3.8) is 0 Å². The van der Waals surface area contributed by atoms with E-state index < -0.39 is 0 Å². The number of nitrogens with one attached hydrogen (secondary N) is 1. The SMILES string of the molecule is CC(C)CC(CO)NCc1ccc(Oc2cnccn2)cc1. The van der Waals surface area contributed by atoms with Crippen LogP contribution in [0.1, 0.15) is 25.8 Å². The molecule has 1 aromatic carbocycles. The number of rotatable bonds is 8. The molecule has 2 N–H and O–H groups in total. The second kappa shape index (κ2) is 8.46. The first kappa shape index (κ1) is 16.4. The Morgan fingerprint density at radius 1 is 1.18 bits per heavy atom. The Morgan fingerprint density at radius 2 is 1.95 bits per heavy atom. The topological polar surface area (TPSA) is 67.3 Å². The number of hydrogen-bond donors (Lipinski definition) is 2. The number of aliphatic hydroxyl groups is 1. The van der Waals surface area contributed by atoms with E-state index in [9.17, 15) is 5.11 Å². The van der Waals surface area contributed by atoms with Crippen LogP contribution in [-0.4, -0.2) is 27.7 Å². The minimum atomic E-state index is 0.135. The van der Waals surface area contributed by atoms with Gasteiger partial charge in [-0.25, -0.2) is 4.98 Å². The molecule has 0 saturated heterocycles. The van der Waals surface area contributed by atoms with E-state index in [1.54, 1.807) is 18.6 Å². The molecule has 0 fully saturated rings. The molecule has 1 unspecified atom stereocenters. The highest BCUT2D eigenvalue weighted by molar-refractivity contribution is 5.29. The molecule has 0 amide bonds. The number of ether oxygens (including phenoxy) is 1. The van der Waals surface area contributed by atoms with Gasteiger partial charge in [-0.2, -0.15) is 0 Å². The monoisotopic (exact) mass is 301 g/mol. The number of nitrogens with zero attached hydrogens (tertiary/aromatic N) is 2. The van der Waals surface area contributed by atoms with E-state index in [0.717, 1.165) is 24.3 Å². The van der Waals surface area contributed by atoms with Gasteiger partial charge in [-0.05, 0) is 30.0 Å². The Labute approximate surface area is 131 Å². The average Bonchev–Trinajstić information content (AvgIpc) is 2.53. The van der Waals surface area contributed by atoms with Crippen molar-refractivity contribution in [3.8, 4) is 11.6 Å². The third-order valence-electron chi connectivity index (χ3n) is 3.26. The average molecular weight is 301 g/mol. The smallest absolute Gasteiger partial charge is 0.237 e. The van der Waals surface area contributed by atoms with Crippen LogP contribution < -0.4 is 10.1 Å². The van der Waals surface area contributed by atoms with Crippen molar-refractivity contribution < 1.29 is 9.84 Å². The second-order valence-corrected chi connectivity index (χ2v) is 5.68. The summed E-state index contributed by atoms with van der Waals surface area (Å²) in [7, 11) is 0. The molecule has 2 aromatic rings. The maximum atomic E-state index is 9.37. The van der Waals surface area contributed by atoms with E-state index in [0.29, 0.717) is 11.8 Å². The third kappa shape index (κ3) is 5.42. The van der Waals surface area contributed by atoms with Gasteiger partial charge in [0.1, 0.15) is 5.75 Å². The zero-order valence-electron chi connectivity index (χ0n) is 13.1. The molecule has 2 rings (SSSR count). The van der Waals surface area contributed by atoms with Crippen LogP contribution >= 0.6 is 0 Å². The lowest BCUT2D eigenvalue weighted by Gasteiger charge is -2.18. The van der Waals surface area contributed by atoms with Gasteiger partial charge in [-0.3, -0.25) is 4.98 Å². The maximum Gasteiger partial charge on any atom is 0.237 e. The van der Waals surface area contributed by atoms with Crippen LogP contribution in [0.15, 0.2) is 42.9 Å². The van der Waals surface area contributed by atoms with E-state index in [4.69, 9.17) is 4.74 Å². The lowest BCUT2D eigenvalue weighted by atomic mass is 10.0. The summed E-state index contributed by atoms with van der Waals surface area (Å²) in [6, 6.07) is 7.95. The molecule has 0 radical (unpaired) electrons. The number of benzene rings is 1. The number of aromatic nitrogens is 2. The molecule has 118 valence electrons. The molecule has 0 aliphatic heterocycles. The van der Waals surface area contributed by atoms with Crippen molar-refractivity contribution in [2.24, 2.45) is 5.92 Å². The molecule has 0 bridgehead atoms. The predicted octanol–water partition coefficient (Wildman–Crippen LogP) is 2.77. The highest BCUT2D eigenvalue weighted by Crippen LogP contribution is 2.18. The van der Waals surface area contributed by atoms with Crippen LogP contribution in [-0.2, 0) is 6.54 Å². The van der Waals surface area contributed by atoms with Crippen LogP contribution in [0.4, 0.5) is 0 Å². The van der Waals surface area contributed by atoms with Crippen LogP contribution in [0.5, 0.6) is 11.6 Å². The van der Waals surface area contributed by atoms with Gasteiger partial charge in [0, 0.05) is 25.0 Å². The van der Waals surface area contributed by atoms with Gasteiger partial charge in [0.15, 0.2) is 0 Å². The summed E-state index contributed by atoms with van der Waals surface area (Å²) in [6.07, 6.45) is 5.74. The highest BCUT2D eigenvalue weighted by atomic mass is 16.5. The molecule has 0 spiro atoms. The molecular weight excluding hydrogens is 278 g/mol. The summed E-state index contributed by atoms with van der Waals surface area (Å²) in [5, 5.41) is 12.7. The van der Waals surface area contributed by atoms with Crippen molar-refractivity contribution in [2.75, 3.05) is 6.61 Å². The Balaban J connectivity index is 1.86. The summed E-state index contributed by atoms with van der Waals surface area (Å²) < 4.78 is 5.60. The van der Waals surface area contributed by atoms with Gasteiger partial charge in [0.2, 0.25) is 5.88 Å². The van der Waals surface area contributed by atoms with Crippen LogP contribution in [0.3, 0.4) is 0 Å². The molecule has 0 aliphatic carbocycles. The quantitative estimate of drug-likeness (QED) is 0.785. The minimum absolute atomic E-state index is 0.135. The van der Waals surface area contributed by atoms with Gasteiger partial charge in [0.25, 0.3) is 0 Å². The van der Waals surface area contributed by atoms with Crippen molar-refractivity contribution in [2.45, 2.75) is 32.9 Å². The van der Waals surface area contributed by atoms with Gasteiger partial charge in [-0.1, -0.05) is 26.0 Å².